The summed E-state index contributed by atoms with van der Waals surface area (Å²) in [4.78, 5) is 12.7. The van der Waals surface area contributed by atoms with Crippen LogP contribution in [0.25, 0.3) is 10.8 Å². The van der Waals surface area contributed by atoms with E-state index < -0.39 is 0 Å². The molecule has 3 heteroatoms. The molecule has 3 rings (SSSR count). The van der Waals surface area contributed by atoms with Crippen LogP contribution in [0.5, 0.6) is 5.75 Å². The molecule has 0 bridgehead atoms. The van der Waals surface area contributed by atoms with Crippen LogP contribution >= 0.6 is 0 Å². The Morgan fingerprint density at radius 2 is 1.72 bits per heavy atom. The van der Waals surface area contributed by atoms with Gasteiger partial charge < -0.3 is 10.1 Å². The van der Waals surface area contributed by atoms with Crippen molar-refractivity contribution in [2.75, 3.05) is 7.11 Å². The van der Waals surface area contributed by atoms with Crippen LogP contribution in [0.1, 0.15) is 61.4 Å². The molecule has 3 aromatic rings. The van der Waals surface area contributed by atoms with E-state index in [9.17, 15) is 4.79 Å². The van der Waals surface area contributed by atoms with Crippen LogP contribution in [0.3, 0.4) is 0 Å². The maximum atomic E-state index is 12.7. The summed E-state index contributed by atoms with van der Waals surface area (Å²) < 4.78 is 5.54. The summed E-state index contributed by atoms with van der Waals surface area (Å²) in [7, 11) is 1.71. The number of fused-ring (bicyclic) bond motifs is 1. The van der Waals surface area contributed by atoms with Gasteiger partial charge in [0.2, 0.25) is 5.91 Å². The van der Waals surface area contributed by atoms with Crippen molar-refractivity contribution in [2.24, 2.45) is 0 Å². The molecule has 0 saturated carbocycles. The van der Waals surface area contributed by atoms with Crippen LogP contribution < -0.4 is 10.1 Å². The zero-order chi connectivity index (χ0) is 21.0. The lowest BCUT2D eigenvalue weighted by atomic mass is 9.93. The first-order valence-electron chi connectivity index (χ1n) is 10.3. The van der Waals surface area contributed by atoms with Crippen molar-refractivity contribution in [3.8, 4) is 5.75 Å². The zero-order valence-electron chi connectivity index (χ0n) is 18.1. The highest BCUT2D eigenvalue weighted by molar-refractivity contribution is 5.86. The van der Waals surface area contributed by atoms with Gasteiger partial charge in [-0.2, -0.15) is 0 Å². The number of ether oxygens (including phenoxy) is 1. The third-order valence-corrected chi connectivity index (χ3v) is 5.59. The molecule has 29 heavy (non-hydrogen) atoms. The number of amides is 1. The number of nitrogens with one attached hydrogen (secondary N) is 1. The lowest BCUT2D eigenvalue weighted by molar-refractivity contribution is -0.121. The van der Waals surface area contributed by atoms with Crippen molar-refractivity contribution in [1.82, 2.24) is 5.32 Å². The first-order valence-corrected chi connectivity index (χ1v) is 10.3. The van der Waals surface area contributed by atoms with E-state index in [0.717, 1.165) is 23.3 Å². The van der Waals surface area contributed by atoms with Gasteiger partial charge >= 0.3 is 0 Å². The molecule has 0 saturated heterocycles. The van der Waals surface area contributed by atoms with Crippen LogP contribution in [0.2, 0.25) is 0 Å². The Morgan fingerprint density at radius 1 is 1.00 bits per heavy atom. The van der Waals surface area contributed by atoms with Gasteiger partial charge in [0.05, 0.1) is 13.2 Å². The average Bonchev–Trinajstić information content (AvgIpc) is 2.71. The molecule has 1 N–H and O–H groups in total. The maximum absolute atomic E-state index is 12.7. The van der Waals surface area contributed by atoms with E-state index >= 15 is 0 Å². The van der Waals surface area contributed by atoms with Crippen molar-refractivity contribution in [3.05, 3.63) is 76.9 Å². The molecule has 0 radical (unpaired) electrons. The highest BCUT2D eigenvalue weighted by atomic mass is 16.5. The Labute approximate surface area is 174 Å². The predicted molar refractivity (Wildman–Crippen MR) is 121 cm³/mol. The molecule has 0 heterocycles. The highest BCUT2D eigenvalue weighted by Gasteiger charge is 2.17. The van der Waals surface area contributed by atoms with Crippen molar-refractivity contribution < 1.29 is 9.53 Å². The van der Waals surface area contributed by atoms with Crippen LogP contribution in [-0.4, -0.2) is 13.0 Å². The summed E-state index contributed by atoms with van der Waals surface area (Å²) in [6.07, 6.45) is 1.21. The molecule has 152 valence electrons. The summed E-state index contributed by atoms with van der Waals surface area (Å²) in [6, 6.07) is 18.8. The lowest BCUT2D eigenvalue weighted by Crippen LogP contribution is -2.27. The first kappa shape index (κ1) is 20.9. The van der Waals surface area contributed by atoms with Gasteiger partial charge in [0.15, 0.2) is 0 Å². The molecule has 1 unspecified atom stereocenters. The fourth-order valence-electron chi connectivity index (χ4n) is 3.96. The number of carbonyl (C=O) groups is 1. The van der Waals surface area contributed by atoms with Gasteiger partial charge in [-0.25, -0.2) is 0 Å². The molecule has 0 aliphatic heterocycles. The number of benzene rings is 3. The molecule has 1 amide bonds. The summed E-state index contributed by atoms with van der Waals surface area (Å²) in [5.41, 5.74) is 4.67. The van der Waals surface area contributed by atoms with Crippen molar-refractivity contribution in [3.63, 3.8) is 0 Å². The summed E-state index contributed by atoms with van der Waals surface area (Å²) >= 11 is 0. The Hall–Kier alpha value is -2.81. The Bertz CT molecular complexity index is 1000. The Kier molecular flexibility index (Phi) is 6.58. The number of aryl methyl sites for hydroxylation is 2. The van der Waals surface area contributed by atoms with E-state index in [2.05, 4.69) is 75.5 Å². The smallest absolute Gasteiger partial charge is 0.220 e. The molecule has 0 aliphatic carbocycles. The van der Waals surface area contributed by atoms with Crippen molar-refractivity contribution in [2.45, 2.75) is 52.5 Å². The molecule has 0 fully saturated rings. The quantitative estimate of drug-likeness (QED) is 0.531. The molecular formula is C26H31NO2. The molecule has 3 nitrogen and oxygen atoms in total. The van der Waals surface area contributed by atoms with E-state index in [1.165, 1.54) is 21.9 Å². The largest absolute Gasteiger partial charge is 0.496 e. The number of hydrogen-bond donors (Lipinski definition) is 1. The van der Waals surface area contributed by atoms with E-state index in [0.29, 0.717) is 12.3 Å². The molecule has 0 spiro atoms. The molecular weight excluding hydrogens is 358 g/mol. The van der Waals surface area contributed by atoms with Crippen LogP contribution in [0, 0.1) is 6.92 Å². The number of methoxy groups -OCH3 is 1. The van der Waals surface area contributed by atoms with E-state index in [4.69, 9.17) is 4.74 Å². The maximum Gasteiger partial charge on any atom is 0.220 e. The zero-order valence-corrected chi connectivity index (χ0v) is 18.1. The molecule has 1 atom stereocenters. The van der Waals surface area contributed by atoms with Crippen molar-refractivity contribution in [1.29, 1.82) is 0 Å². The van der Waals surface area contributed by atoms with Gasteiger partial charge in [-0.15, -0.1) is 0 Å². The minimum atomic E-state index is -0.0431. The van der Waals surface area contributed by atoms with Gasteiger partial charge in [-0.3, -0.25) is 4.79 Å². The third-order valence-electron chi connectivity index (χ3n) is 5.59. The van der Waals surface area contributed by atoms with Crippen molar-refractivity contribution >= 4 is 16.7 Å². The fourth-order valence-corrected chi connectivity index (χ4v) is 3.96. The summed E-state index contributed by atoms with van der Waals surface area (Å²) in [5, 5.41) is 5.62. The Morgan fingerprint density at radius 3 is 2.45 bits per heavy atom. The van der Waals surface area contributed by atoms with Crippen LogP contribution in [-0.2, 0) is 11.2 Å². The SMILES string of the molecule is COc1cc(C)c(C(C)NC(=O)CCc2cccc3ccccc23)cc1C(C)C. The number of rotatable bonds is 7. The topological polar surface area (TPSA) is 38.3 Å². The summed E-state index contributed by atoms with van der Waals surface area (Å²) in [6.45, 7) is 8.43. The van der Waals surface area contributed by atoms with Gasteiger partial charge in [0.25, 0.3) is 0 Å². The Balaban J connectivity index is 1.70. The van der Waals surface area contributed by atoms with Crippen LogP contribution in [0.15, 0.2) is 54.6 Å². The second-order valence-electron chi connectivity index (χ2n) is 8.03. The molecule has 0 aromatic heterocycles. The minimum absolute atomic E-state index is 0.0431. The fraction of sp³-hybridized carbons (Fsp3) is 0.346. The monoisotopic (exact) mass is 389 g/mol. The van der Waals surface area contributed by atoms with Gasteiger partial charge in [-0.05, 0) is 71.3 Å². The van der Waals surface area contributed by atoms with E-state index in [-0.39, 0.29) is 11.9 Å². The van der Waals surface area contributed by atoms with Gasteiger partial charge in [-0.1, -0.05) is 56.3 Å². The predicted octanol–water partition coefficient (Wildman–Crippen LogP) is 6.09. The van der Waals surface area contributed by atoms with E-state index in [1.807, 2.05) is 12.1 Å². The van der Waals surface area contributed by atoms with Crippen LogP contribution in [0.4, 0.5) is 0 Å². The van der Waals surface area contributed by atoms with Gasteiger partial charge in [0.1, 0.15) is 5.75 Å². The normalized spacial score (nSPS) is 12.2. The summed E-state index contributed by atoms with van der Waals surface area (Å²) in [5.74, 6) is 1.35. The number of hydrogen-bond acceptors (Lipinski definition) is 2. The van der Waals surface area contributed by atoms with E-state index in [1.54, 1.807) is 7.11 Å². The lowest BCUT2D eigenvalue weighted by Gasteiger charge is -2.21. The standard InChI is InChI=1S/C26H31NO2/c1-17(2)23-16-24(18(3)15-25(23)29-5)19(4)27-26(28)14-13-21-11-8-10-20-9-6-7-12-22(20)21/h6-12,15-17,19H,13-14H2,1-5H3,(H,27,28). The average molecular weight is 390 g/mol. The molecule has 3 aromatic carbocycles. The second kappa shape index (κ2) is 9.13. The second-order valence-corrected chi connectivity index (χ2v) is 8.03. The molecule has 0 aliphatic rings. The number of carbonyl (C=O) groups excluding carboxylic acids is 1. The first-order chi connectivity index (χ1) is 13.9. The highest BCUT2D eigenvalue weighted by Crippen LogP contribution is 2.32. The minimum Gasteiger partial charge on any atom is -0.496 e. The van der Waals surface area contributed by atoms with Gasteiger partial charge in [0, 0.05) is 6.42 Å². The third kappa shape index (κ3) is 4.79.